The van der Waals surface area contributed by atoms with Crippen molar-refractivity contribution in [1.29, 1.82) is 0 Å². The number of aromatic nitrogens is 1. The maximum Gasteiger partial charge on any atom is 0.259 e. The van der Waals surface area contributed by atoms with Crippen LogP contribution < -0.4 is 11.1 Å². The molecule has 1 aromatic carbocycles. The molecule has 7 heteroatoms. The Hall–Kier alpha value is -2.28. The summed E-state index contributed by atoms with van der Waals surface area (Å²) in [6, 6.07) is 6.79. The first-order valence-corrected chi connectivity index (χ1v) is 7.00. The van der Waals surface area contributed by atoms with Crippen molar-refractivity contribution >= 4 is 33.1 Å². The van der Waals surface area contributed by atoms with Gasteiger partial charge in [-0.25, -0.2) is 4.98 Å². The van der Waals surface area contributed by atoms with E-state index in [1.54, 1.807) is 24.3 Å². The fraction of sp³-hybridized carbons (Fsp3) is 0.231. The van der Waals surface area contributed by atoms with Crippen LogP contribution in [0.3, 0.4) is 0 Å². The summed E-state index contributed by atoms with van der Waals surface area (Å²) < 4.78 is 0. The lowest BCUT2D eigenvalue weighted by Gasteiger charge is -2.04. The number of amides is 1. The highest BCUT2D eigenvalue weighted by molar-refractivity contribution is 7.19. The van der Waals surface area contributed by atoms with Gasteiger partial charge in [0.2, 0.25) is 0 Å². The highest BCUT2D eigenvalue weighted by Crippen LogP contribution is 2.47. The molecule has 6 nitrogen and oxygen atoms in total. The van der Waals surface area contributed by atoms with Crippen LogP contribution in [0.1, 0.15) is 34.8 Å². The Bertz CT molecular complexity index is 679. The largest absolute Gasteiger partial charge is 0.398 e. The molecular formula is C13H12N4O2S. The Balaban J connectivity index is 1.82. The second-order valence-electron chi connectivity index (χ2n) is 4.62. The third-order valence-electron chi connectivity index (χ3n) is 3.11. The Morgan fingerprint density at radius 1 is 1.40 bits per heavy atom. The quantitative estimate of drug-likeness (QED) is 0.666. The lowest BCUT2D eigenvalue weighted by atomic mass is 10.2. The Morgan fingerprint density at radius 3 is 2.80 bits per heavy atom. The van der Waals surface area contributed by atoms with E-state index in [1.807, 2.05) is 0 Å². The number of anilines is 2. The predicted octanol–water partition coefficient (Wildman–Crippen LogP) is 3.25. The van der Waals surface area contributed by atoms with Gasteiger partial charge in [-0.15, -0.1) is 4.91 Å². The van der Waals surface area contributed by atoms with Gasteiger partial charge >= 0.3 is 0 Å². The number of nitroso groups, excluding NO2 is 1. The summed E-state index contributed by atoms with van der Waals surface area (Å²) in [4.78, 5) is 27.2. The lowest BCUT2D eigenvalue weighted by molar-refractivity contribution is 0.102. The third kappa shape index (κ3) is 2.39. The highest BCUT2D eigenvalue weighted by atomic mass is 32.1. The van der Waals surface area contributed by atoms with Gasteiger partial charge in [0, 0.05) is 11.6 Å². The number of carbonyl (C=O) groups excluding carboxylic acids is 1. The fourth-order valence-electron chi connectivity index (χ4n) is 1.93. The van der Waals surface area contributed by atoms with Crippen molar-refractivity contribution < 1.29 is 4.79 Å². The molecule has 1 aliphatic carbocycles. The minimum absolute atomic E-state index is 0.311. The van der Waals surface area contributed by atoms with E-state index in [0.29, 0.717) is 33.0 Å². The number of benzene rings is 1. The van der Waals surface area contributed by atoms with Gasteiger partial charge in [-0.1, -0.05) is 23.5 Å². The maximum absolute atomic E-state index is 12.1. The monoisotopic (exact) mass is 288 g/mol. The van der Waals surface area contributed by atoms with E-state index in [9.17, 15) is 9.70 Å². The Labute approximate surface area is 119 Å². The lowest BCUT2D eigenvalue weighted by Crippen LogP contribution is -2.13. The first-order valence-electron chi connectivity index (χ1n) is 6.19. The smallest absolute Gasteiger partial charge is 0.259 e. The van der Waals surface area contributed by atoms with E-state index in [2.05, 4.69) is 15.5 Å². The molecule has 0 saturated heterocycles. The van der Waals surface area contributed by atoms with Crippen LogP contribution >= 0.6 is 11.3 Å². The molecule has 0 spiro atoms. The zero-order valence-electron chi connectivity index (χ0n) is 10.5. The minimum atomic E-state index is -0.336. The normalized spacial score (nSPS) is 14.0. The summed E-state index contributed by atoms with van der Waals surface area (Å²) in [5, 5.41) is 6.38. The number of nitrogens with zero attached hydrogens (tertiary/aromatic N) is 2. The van der Waals surface area contributed by atoms with Crippen LogP contribution in [0.5, 0.6) is 0 Å². The van der Waals surface area contributed by atoms with Gasteiger partial charge in [0.1, 0.15) is 0 Å². The molecule has 3 N–H and O–H groups in total. The molecule has 1 amide bonds. The Kier molecular flexibility index (Phi) is 3.19. The van der Waals surface area contributed by atoms with Gasteiger partial charge < -0.3 is 5.73 Å². The van der Waals surface area contributed by atoms with Crippen molar-refractivity contribution in [2.75, 3.05) is 11.1 Å². The van der Waals surface area contributed by atoms with Crippen LogP contribution in [0.2, 0.25) is 0 Å². The molecule has 1 aliphatic rings. The summed E-state index contributed by atoms with van der Waals surface area (Å²) >= 11 is 1.09. The van der Waals surface area contributed by atoms with E-state index in [-0.39, 0.29) is 5.91 Å². The molecule has 20 heavy (non-hydrogen) atoms. The number of hydrogen-bond acceptors (Lipinski definition) is 6. The first kappa shape index (κ1) is 12.7. The second kappa shape index (κ2) is 5.01. The van der Waals surface area contributed by atoms with Crippen molar-refractivity contribution in [1.82, 2.24) is 4.98 Å². The van der Waals surface area contributed by atoms with E-state index >= 15 is 0 Å². The van der Waals surface area contributed by atoms with E-state index in [1.165, 1.54) is 0 Å². The number of nitrogen functional groups attached to an aromatic ring is 1. The van der Waals surface area contributed by atoms with E-state index < -0.39 is 0 Å². The highest BCUT2D eigenvalue weighted by Gasteiger charge is 2.30. The SMILES string of the molecule is Nc1ccccc1C(=O)Nc1nc(C2CC2)c(N=O)s1. The molecule has 0 bridgehead atoms. The van der Waals surface area contributed by atoms with Gasteiger partial charge in [0.15, 0.2) is 10.1 Å². The summed E-state index contributed by atoms with van der Waals surface area (Å²) in [7, 11) is 0. The zero-order valence-corrected chi connectivity index (χ0v) is 11.3. The van der Waals surface area contributed by atoms with Crippen LogP contribution in [-0.4, -0.2) is 10.9 Å². The Morgan fingerprint density at radius 2 is 2.15 bits per heavy atom. The standard InChI is InChI=1S/C13H12N4O2S/c14-9-4-2-1-3-8(9)11(18)16-13-15-10(7-5-6-7)12(17-19)20-13/h1-4,7H,5-6,14H2,(H,15,16,18). The number of rotatable bonds is 4. The molecule has 102 valence electrons. The maximum atomic E-state index is 12.1. The van der Waals surface area contributed by atoms with Crippen molar-refractivity contribution in [2.24, 2.45) is 5.18 Å². The molecular weight excluding hydrogens is 276 g/mol. The van der Waals surface area contributed by atoms with Crippen LogP contribution in [0.25, 0.3) is 0 Å². The second-order valence-corrected chi connectivity index (χ2v) is 5.59. The van der Waals surface area contributed by atoms with Gasteiger partial charge in [0.05, 0.1) is 11.3 Å². The fourth-order valence-corrected chi connectivity index (χ4v) is 2.76. The number of hydrogen-bond donors (Lipinski definition) is 2. The van der Waals surface area contributed by atoms with Crippen molar-refractivity contribution in [2.45, 2.75) is 18.8 Å². The number of thiazole rings is 1. The summed E-state index contributed by atoms with van der Waals surface area (Å²) in [6.45, 7) is 0. The average Bonchev–Trinajstić information content (AvgIpc) is 3.21. The molecule has 2 aromatic rings. The molecule has 1 saturated carbocycles. The average molecular weight is 288 g/mol. The number of nitrogens with two attached hydrogens (primary N) is 1. The van der Waals surface area contributed by atoms with Gasteiger partial charge in [0.25, 0.3) is 5.91 Å². The number of nitrogens with one attached hydrogen (secondary N) is 1. The first-order chi connectivity index (χ1) is 9.69. The summed E-state index contributed by atoms with van der Waals surface area (Å²) in [6.07, 6.45) is 2.04. The van der Waals surface area contributed by atoms with E-state index in [0.717, 1.165) is 24.2 Å². The summed E-state index contributed by atoms with van der Waals surface area (Å²) in [5.74, 6) is -0.0250. The molecule has 1 heterocycles. The molecule has 1 fully saturated rings. The van der Waals surface area contributed by atoms with Gasteiger partial charge in [-0.3, -0.25) is 10.1 Å². The molecule has 3 rings (SSSR count). The zero-order chi connectivity index (χ0) is 14.1. The van der Waals surface area contributed by atoms with E-state index in [4.69, 9.17) is 5.73 Å². The number of para-hydroxylation sites is 1. The van der Waals surface area contributed by atoms with Crippen molar-refractivity contribution in [3.8, 4) is 0 Å². The third-order valence-corrected chi connectivity index (χ3v) is 3.97. The van der Waals surface area contributed by atoms with Crippen LogP contribution in [-0.2, 0) is 0 Å². The van der Waals surface area contributed by atoms with Crippen LogP contribution in [0.15, 0.2) is 29.4 Å². The number of carbonyl (C=O) groups is 1. The summed E-state index contributed by atoms with van der Waals surface area (Å²) in [5.41, 5.74) is 7.23. The van der Waals surface area contributed by atoms with Crippen LogP contribution in [0, 0.1) is 4.91 Å². The molecule has 0 aliphatic heterocycles. The van der Waals surface area contributed by atoms with Crippen molar-refractivity contribution in [3.63, 3.8) is 0 Å². The molecule has 1 aromatic heterocycles. The van der Waals surface area contributed by atoms with Crippen LogP contribution in [0.4, 0.5) is 15.8 Å². The van der Waals surface area contributed by atoms with Gasteiger partial charge in [-0.05, 0) is 30.2 Å². The molecule has 0 atom stereocenters. The molecule has 0 unspecified atom stereocenters. The van der Waals surface area contributed by atoms with Crippen molar-refractivity contribution in [3.05, 3.63) is 40.4 Å². The van der Waals surface area contributed by atoms with Gasteiger partial charge in [-0.2, -0.15) is 0 Å². The predicted molar refractivity (Wildman–Crippen MR) is 78.4 cm³/mol. The topological polar surface area (TPSA) is 97.4 Å². The minimum Gasteiger partial charge on any atom is -0.398 e. The molecule has 0 radical (unpaired) electrons.